The second-order valence-electron chi connectivity index (χ2n) is 7.67. The van der Waals surface area contributed by atoms with Crippen LogP contribution in [0.4, 0.5) is 24.7 Å². The summed E-state index contributed by atoms with van der Waals surface area (Å²) in [6.45, 7) is 2.98. The van der Waals surface area contributed by atoms with Crippen molar-refractivity contribution >= 4 is 17.6 Å². The highest BCUT2D eigenvalue weighted by atomic mass is 19.3. The van der Waals surface area contributed by atoms with Crippen LogP contribution in [0.1, 0.15) is 36.1 Å². The number of alkyl halides is 2. The lowest BCUT2D eigenvalue weighted by Crippen LogP contribution is -2.50. The van der Waals surface area contributed by atoms with Crippen LogP contribution in [0.15, 0.2) is 28.8 Å². The molecule has 12 heteroatoms. The largest absolute Gasteiger partial charge is 0.394 e. The van der Waals surface area contributed by atoms with Crippen LogP contribution in [0.2, 0.25) is 0 Å². The van der Waals surface area contributed by atoms with Crippen molar-refractivity contribution in [3.63, 3.8) is 0 Å². The van der Waals surface area contributed by atoms with Crippen molar-refractivity contribution in [2.24, 2.45) is 12.8 Å². The monoisotopic (exact) mass is 462 g/mol. The Morgan fingerprint density at radius 1 is 1.42 bits per heavy atom. The smallest absolute Gasteiger partial charge is 0.290 e. The molecule has 1 aliphatic heterocycles. The van der Waals surface area contributed by atoms with Gasteiger partial charge in [-0.2, -0.15) is 10.4 Å². The number of nitrogens with one attached hydrogen (secondary N) is 2. The molecule has 2 atom stereocenters. The Morgan fingerprint density at radius 2 is 2.12 bits per heavy atom. The average Bonchev–Trinajstić information content (AvgIpc) is 2.79. The second-order valence-corrected chi connectivity index (χ2v) is 7.67. The van der Waals surface area contributed by atoms with Gasteiger partial charge >= 0.3 is 0 Å². The second kappa shape index (κ2) is 9.83. The molecule has 1 aliphatic rings. The number of aromatic nitrogens is 2. The van der Waals surface area contributed by atoms with Gasteiger partial charge in [-0.3, -0.25) is 10.1 Å². The number of hydrogen-bond donors (Lipinski definition) is 4. The summed E-state index contributed by atoms with van der Waals surface area (Å²) in [5.41, 5.74) is 11.1. The number of anilines is 2. The maximum absolute atomic E-state index is 14.6. The van der Waals surface area contributed by atoms with Gasteiger partial charge in [0.1, 0.15) is 17.5 Å². The molecular formula is C21H25F3N8O. The van der Waals surface area contributed by atoms with E-state index in [1.54, 1.807) is 11.8 Å². The number of nitrogens with two attached hydrogens (primary N) is 2. The first-order valence-corrected chi connectivity index (χ1v) is 10.2. The zero-order valence-electron chi connectivity index (χ0n) is 18.1. The number of aryl methyl sites for hydroxylation is 1. The molecule has 6 N–H and O–H groups in total. The van der Waals surface area contributed by atoms with Crippen molar-refractivity contribution in [2.45, 2.75) is 25.4 Å². The molecule has 1 saturated heterocycles. The Morgan fingerprint density at radius 3 is 2.79 bits per heavy atom. The van der Waals surface area contributed by atoms with Crippen LogP contribution in [0.3, 0.4) is 0 Å². The number of nitrogens with zero attached hydrogens (tertiary/aromatic N) is 4. The van der Waals surface area contributed by atoms with Gasteiger partial charge in [-0.1, -0.05) is 18.2 Å². The van der Waals surface area contributed by atoms with Gasteiger partial charge in [0.2, 0.25) is 0 Å². The van der Waals surface area contributed by atoms with Crippen LogP contribution < -0.4 is 27.7 Å². The van der Waals surface area contributed by atoms with E-state index >= 15 is 0 Å². The van der Waals surface area contributed by atoms with Crippen molar-refractivity contribution < 1.29 is 13.2 Å². The lowest BCUT2D eigenvalue weighted by molar-refractivity contribution is 0.146. The normalized spacial score (nSPS) is 17.7. The quantitative estimate of drug-likeness (QED) is 0.509. The molecule has 0 amide bonds. The minimum Gasteiger partial charge on any atom is -0.394 e. The predicted molar refractivity (Wildman–Crippen MR) is 118 cm³/mol. The molecule has 0 radical (unpaired) electrons. The van der Waals surface area contributed by atoms with Crippen LogP contribution >= 0.6 is 0 Å². The van der Waals surface area contributed by atoms with E-state index < -0.39 is 35.4 Å². The Bertz CT molecular complexity index is 1160. The summed E-state index contributed by atoms with van der Waals surface area (Å²) in [6.07, 6.45) is -1.50. The highest BCUT2D eigenvalue weighted by Crippen LogP contribution is 2.30. The van der Waals surface area contributed by atoms with E-state index in [9.17, 15) is 18.0 Å². The molecular weight excluding hydrogens is 437 g/mol. The van der Waals surface area contributed by atoms with E-state index in [1.807, 2.05) is 0 Å². The number of halogens is 3. The minimum atomic E-state index is -2.96. The zero-order valence-corrected chi connectivity index (χ0v) is 18.1. The first-order chi connectivity index (χ1) is 15.6. The molecule has 0 spiro atoms. The third-order valence-corrected chi connectivity index (χ3v) is 5.42. The summed E-state index contributed by atoms with van der Waals surface area (Å²) in [5.74, 6) is -0.635. The number of rotatable bonds is 6. The predicted octanol–water partition coefficient (Wildman–Crippen LogP) is 1.67. The van der Waals surface area contributed by atoms with E-state index in [1.165, 1.54) is 25.3 Å². The molecule has 2 aromatic rings. The van der Waals surface area contributed by atoms with Crippen LogP contribution in [-0.4, -0.2) is 40.4 Å². The first-order valence-electron chi connectivity index (χ1n) is 10.2. The summed E-state index contributed by atoms with van der Waals surface area (Å²) in [4.78, 5) is 14.2. The fourth-order valence-electron chi connectivity index (χ4n) is 3.58. The van der Waals surface area contributed by atoms with E-state index in [4.69, 9.17) is 16.7 Å². The number of benzene rings is 1. The fraction of sp³-hybridized carbons (Fsp3) is 0.381. The fourth-order valence-corrected chi connectivity index (χ4v) is 3.58. The molecule has 9 nitrogen and oxygen atoms in total. The van der Waals surface area contributed by atoms with Crippen molar-refractivity contribution in [3.05, 3.63) is 56.9 Å². The molecule has 2 heterocycles. The summed E-state index contributed by atoms with van der Waals surface area (Å²) in [5, 5.41) is 19.3. The lowest BCUT2D eigenvalue weighted by atomic mass is 10.0. The van der Waals surface area contributed by atoms with Crippen LogP contribution in [-0.2, 0) is 7.05 Å². The Balaban J connectivity index is 1.99. The van der Waals surface area contributed by atoms with Gasteiger partial charge in [-0.15, -0.1) is 0 Å². The van der Waals surface area contributed by atoms with Crippen LogP contribution in [0.5, 0.6) is 0 Å². The molecule has 1 aromatic carbocycles. The van der Waals surface area contributed by atoms with Gasteiger partial charge in [0.25, 0.3) is 12.0 Å². The summed E-state index contributed by atoms with van der Waals surface area (Å²) in [7, 11) is 1.40. The SMILES string of the molecule is C[C@@H](Nc1nn(C)c(=O)c(N)c1C=C(N)N1CCNC(C#N)C1)c1cccc(C(F)F)c1F. The minimum absolute atomic E-state index is 0.00360. The molecule has 1 fully saturated rings. The van der Waals surface area contributed by atoms with Crippen LogP contribution in [0.25, 0.3) is 6.08 Å². The van der Waals surface area contributed by atoms with E-state index in [0.29, 0.717) is 19.6 Å². The third kappa shape index (κ3) is 5.04. The molecule has 1 unspecified atom stereocenters. The summed E-state index contributed by atoms with van der Waals surface area (Å²) >= 11 is 0. The molecule has 3 rings (SSSR count). The molecule has 0 bridgehead atoms. The molecule has 0 aliphatic carbocycles. The first kappa shape index (κ1) is 23.9. The van der Waals surface area contributed by atoms with Gasteiger partial charge in [0.15, 0.2) is 5.82 Å². The standard InChI is InChI=1S/C21H25F3N8O/c1-11(13-4-3-5-14(17(13)22)19(23)24)29-20-15(18(27)21(33)31(2)30-20)8-16(26)32-7-6-28-12(9-25)10-32/h3-5,8,11-12,19,28H,6-7,10,26-27H2,1-2H3,(H,29,30)/t11-,12?/m1/s1. The average molecular weight is 462 g/mol. The van der Waals surface area contributed by atoms with Crippen molar-refractivity contribution in [1.82, 2.24) is 20.0 Å². The zero-order chi connectivity index (χ0) is 24.3. The van der Waals surface area contributed by atoms with Gasteiger partial charge in [0, 0.05) is 32.2 Å². The van der Waals surface area contributed by atoms with Gasteiger partial charge in [-0.25, -0.2) is 17.9 Å². The highest BCUT2D eigenvalue weighted by molar-refractivity contribution is 5.74. The van der Waals surface area contributed by atoms with Crippen molar-refractivity contribution in [2.75, 3.05) is 30.7 Å². The Labute approximate surface area is 188 Å². The van der Waals surface area contributed by atoms with Crippen molar-refractivity contribution in [1.29, 1.82) is 5.26 Å². The Hall–Kier alpha value is -3.72. The third-order valence-electron chi connectivity index (χ3n) is 5.42. The van der Waals surface area contributed by atoms with E-state index in [0.717, 1.165) is 10.7 Å². The summed E-state index contributed by atoms with van der Waals surface area (Å²) < 4.78 is 41.9. The molecule has 33 heavy (non-hydrogen) atoms. The van der Waals surface area contributed by atoms with Gasteiger partial charge in [-0.05, 0) is 13.0 Å². The topological polar surface area (TPSA) is 138 Å². The van der Waals surface area contributed by atoms with Gasteiger partial charge in [0.05, 0.1) is 29.1 Å². The number of hydrogen-bond acceptors (Lipinski definition) is 8. The Kier molecular flexibility index (Phi) is 7.13. The maximum atomic E-state index is 14.6. The molecule has 176 valence electrons. The van der Waals surface area contributed by atoms with E-state index in [2.05, 4.69) is 21.8 Å². The molecule has 0 saturated carbocycles. The lowest BCUT2D eigenvalue weighted by Gasteiger charge is -2.32. The van der Waals surface area contributed by atoms with Gasteiger partial charge < -0.3 is 21.7 Å². The molecule has 1 aromatic heterocycles. The number of nitriles is 1. The maximum Gasteiger partial charge on any atom is 0.290 e. The number of piperazine rings is 1. The summed E-state index contributed by atoms with van der Waals surface area (Å²) in [6, 6.07) is 4.68. The van der Waals surface area contributed by atoms with Crippen LogP contribution in [0, 0.1) is 17.1 Å². The highest BCUT2D eigenvalue weighted by Gasteiger charge is 2.23. The number of nitrogen functional groups attached to an aromatic ring is 1. The van der Waals surface area contributed by atoms with E-state index in [-0.39, 0.29) is 28.5 Å². The van der Waals surface area contributed by atoms with Crippen molar-refractivity contribution in [3.8, 4) is 6.07 Å².